The Morgan fingerprint density at radius 1 is 1.35 bits per heavy atom. The Balaban J connectivity index is 2.19. The lowest BCUT2D eigenvalue weighted by atomic mass is 10.1. The number of hydrogen-bond donors (Lipinski definition) is 2. The van der Waals surface area contributed by atoms with Crippen molar-refractivity contribution in [3.63, 3.8) is 0 Å². The number of aryl methyl sites for hydroxylation is 2. The van der Waals surface area contributed by atoms with Gasteiger partial charge in [0.2, 0.25) is 0 Å². The van der Waals surface area contributed by atoms with E-state index < -0.39 is 5.82 Å². The van der Waals surface area contributed by atoms with Crippen LogP contribution in [0.4, 0.5) is 4.39 Å². The fourth-order valence-corrected chi connectivity index (χ4v) is 2.95. The van der Waals surface area contributed by atoms with Crippen LogP contribution in [0.15, 0.2) is 18.2 Å². The van der Waals surface area contributed by atoms with Crippen molar-refractivity contribution < 1.29 is 9.50 Å². The largest absolute Gasteiger partial charge is 0.394 e. The summed E-state index contributed by atoms with van der Waals surface area (Å²) < 4.78 is 15.5. The molecule has 0 fully saturated rings. The van der Waals surface area contributed by atoms with E-state index >= 15 is 0 Å². The number of aromatic nitrogens is 2. The Morgan fingerprint density at radius 3 is 2.65 bits per heavy atom. The number of aliphatic hydroxyl groups excluding tert-OH is 1. The Hall–Kier alpha value is -1.43. The van der Waals surface area contributed by atoms with E-state index in [1.807, 2.05) is 11.7 Å². The van der Waals surface area contributed by atoms with E-state index in [4.69, 9.17) is 11.6 Å². The molecule has 1 heterocycles. The van der Waals surface area contributed by atoms with E-state index in [-0.39, 0.29) is 17.7 Å². The minimum Gasteiger partial charge on any atom is -0.394 e. The number of rotatable bonds is 7. The van der Waals surface area contributed by atoms with E-state index in [0.29, 0.717) is 12.1 Å². The minimum absolute atomic E-state index is 0.0826. The lowest BCUT2D eigenvalue weighted by molar-refractivity contribution is 0.243. The van der Waals surface area contributed by atoms with Gasteiger partial charge in [-0.05, 0) is 30.5 Å². The van der Waals surface area contributed by atoms with Crippen LogP contribution in [-0.2, 0) is 26.4 Å². The fraction of sp³-hybridized carbons (Fsp3) is 0.471. The number of benzene rings is 1. The highest BCUT2D eigenvalue weighted by Gasteiger charge is 2.17. The molecule has 1 aromatic heterocycles. The average Bonchev–Trinajstić information content (AvgIpc) is 2.86. The van der Waals surface area contributed by atoms with Crippen molar-refractivity contribution in [1.29, 1.82) is 0 Å². The zero-order valence-corrected chi connectivity index (χ0v) is 14.5. The zero-order valence-electron chi connectivity index (χ0n) is 13.7. The fourth-order valence-electron chi connectivity index (χ4n) is 2.84. The normalized spacial score (nSPS) is 12.6. The maximum Gasteiger partial charge on any atom is 0.142 e. The molecule has 0 aliphatic rings. The van der Waals surface area contributed by atoms with Crippen LogP contribution in [0.2, 0.25) is 5.02 Å². The summed E-state index contributed by atoms with van der Waals surface area (Å²) in [5, 5.41) is 17.6. The van der Waals surface area contributed by atoms with Crippen LogP contribution < -0.4 is 5.32 Å². The highest BCUT2D eigenvalue weighted by molar-refractivity contribution is 6.30. The van der Waals surface area contributed by atoms with Crippen molar-refractivity contribution in [2.24, 2.45) is 7.05 Å². The van der Waals surface area contributed by atoms with Gasteiger partial charge in [0.25, 0.3) is 0 Å². The van der Waals surface area contributed by atoms with Crippen molar-refractivity contribution >= 4 is 11.6 Å². The smallest absolute Gasteiger partial charge is 0.142 e. The van der Waals surface area contributed by atoms with Gasteiger partial charge in [-0.25, -0.2) is 4.39 Å². The number of nitrogens with zero attached hydrogens (tertiary/aromatic N) is 2. The predicted molar refractivity (Wildman–Crippen MR) is 90.0 cm³/mol. The molecule has 0 saturated heterocycles. The molecular formula is C17H23ClFN3O. The molecule has 23 heavy (non-hydrogen) atoms. The monoisotopic (exact) mass is 339 g/mol. The summed E-state index contributed by atoms with van der Waals surface area (Å²) in [5.74, 6) is -0.478. The topological polar surface area (TPSA) is 50.1 Å². The summed E-state index contributed by atoms with van der Waals surface area (Å²) in [6.45, 7) is 4.63. The summed E-state index contributed by atoms with van der Waals surface area (Å²) in [6.07, 6.45) is 1.74. The van der Waals surface area contributed by atoms with Gasteiger partial charge in [-0.1, -0.05) is 31.5 Å². The number of nitrogens with one attached hydrogen (secondary N) is 1. The van der Waals surface area contributed by atoms with E-state index in [0.717, 1.165) is 24.1 Å². The molecule has 0 aliphatic heterocycles. The van der Waals surface area contributed by atoms with E-state index in [1.165, 1.54) is 17.8 Å². The first-order chi connectivity index (χ1) is 11.0. The van der Waals surface area contributed by atoms with Crippen molar-refractivity contribution in [2.75, 3.05) is 6.61 Å². The average molecular weight is 340 g/mol. The van der Waals surface area contributed by atoms with Gasteiger partial charge < -0.3 is 10.4 Å². The molecule has 1 atom stereocenters. The second-order valence-electron chi connectivity index (χ2n) is 5.49. The SMILES string of the molecule is CCc1nn(C)c(CC)c1CNC(CO)c1ccc(Cl)c(F)c1. The number of hydrogen-bond acceptors (Lipinski definition) is 3. The first kappa shape index (κ1) is 17.9. The predicted octanol–water partition coefficient (Wildman–Crippen LogP) is 3.16. The molecule has 1 aromatic carbocycles. The van der Waals surface area contributed by atoms with Crippen LogP contribution in [0.1, 0.15) is 42.4 Å². The summed E-state index contributed by atoms with van der Waals surface area (Å²) in [5.41, 5.74) is 4.06. The van der Waals surface area contributed by atoms with Crippen LogP contribution in [0, 0.1) is 5.82 Å². The second kappa shape index (κ2) is 7.90. The van der Waals surface area contributed by atoms with Crippen LogP contribution in [0.25, 0.3) is 0 Å². The second-order valence-corrected chi connectivity index (χ2v) is 5.90. The molecule has 6 heteroatoms. The van der Waals surface area contributed by atoms with E-state index in [1.54, 1.807) is 6.07 Å². The third-order valence-electron chi connectivity index (χ3n) is 4.08. The molecule has 2 N–H and O–H groups in total. The molecular weight excluding hydrogens is 317 g/mol. The number of halogens is 2. The van der Waals surface area contributed by atoms with Gasteiger partial charge in [0.1, 0.15) is 5.82 Å². The quantitative estimate of drug-likeness (QED) is 0.814. The van der Waals surface area contributed by atoms with E-state index in [9.17, 15) is 9.50 Å². The molecule has 0 aliphatic carbocycles. The van der Waals surface area contributed by atoms with Gasteiger partial charge in [0, 0.05) is 24.8 Å². The summed E-state index contributed by atoms with van der Waals surface area (Å²) in [6, 6.07) is 4.25. The van der Waals surface area contributed by atoms with Gasteiger partial charge in [-0.2, -0.15) is 5.10 Å². The van der Waals surface area contributed by atoms with Crippen molar-refractivity contribution in [3.05, 3.63) is 51.6 Å². The first-order valence-electron chi connectivity index (χ1n) is 7.84. The summed E-state index contributed by atoms with van der Waals surface area (Å²) >= 11 is 5.71. The minimum atomic E-state index is -0.478. The van der Waals surface area contributed by atoms with Crippen LogP contribution in [0.5, 0.6) is 0 Å². The Bertz CT molecular complexity index is 672. The molecule has 4 nitrogen and oxygen atoms in total. The van der Waals surface area contributed by atoms with Crippen molar-refractivity contribution in [1.82, 2.24) is 15.1 Å². The Kier molecular flexibility index (Phi) is 6.16. The van der Waals surface area contributed by atoms with Crippen molar-refractivity contribution in [3.8, 4) is 0 Å². The molecule has 0 saturated carbocycles. The Labute approximate surface area is 141 Å². The molecule has 2 rings (SSSR count). The van der Waals surface area contributed by atoms with E-state index in [2.05, 4.69) is 24.3 Å². The molecule has 1 unspecified atom stereocenters. The third-order valence-corrected chi connectivity index (χ3v) is 4.39. The highest BCUT2D eigenvalue weighted by Crippen LogP contribution is 2.22. The maximum absolute atomic E-state index is 13.6. The lowest BCUT2D eigenvalue weighted by Crippen LogP contribution is -2.25. The maximum atomic E-state index is 13.6. The summed E-state index contributed by atoms with van der Waals surface area (Å²) in [7, 11) is 1.94. The highest BCUT2D eigenvalue weighted by atomic mass is 35.5. The van der Waals surface area contributed by atoms with Crippen LogP contribution >= 0.6 is 11.6 Å². The van der Waals surface area contributed by atoms with Gasteiger partial charge in [0.15, 0.2) is 0 Å². The molecule has 126 valence electrons. The van der Waals surface area contributed by atoms with Gasteiger partial charge in [-0.15, -0.1) is 0 Å². The van der Waals surface area contributed by atoms with Gasteiger partial charge >= 0.3 is 0 Å². The number of aliphatic hydroxyl groups is 1. The van der Waals surface area contributed by atoms with Gasteiger partial charge in [0.05, 0.1) is 23.4 Å². The molecule has 0 spiro atoms. The summed E-state index contributed by atoms with van der Waals surface area (Å²) in [4.78, 5) is 0. The molecule has 0 bridgehead atoms. The zero-order chi connectivity index (χ0) is 17.0. The lowest BCUT2D eigenvalue weighted by Gasteiger charge is -2.18. The molecule has 2 aromatic rings. The Morgan fingerprint density at radius 2 is 2.09 bits per heavy atom. The van der Waals surface area contributed by atoms with Crippen LogP contribution in [-0.4, -0.2) is 21.5 Å². The van der Waals surface area contributed by atoms with Crippen LogP contribution in [0.3, 0.4) is 0 Å². The standard InChI is InChI=1S/C17H23ClFN3O/c1-4-15-12(17(5-2)22(3)21-15)9-20-16(10-23)11-6-7-13(18)14(19)8-11/h6-8,16,20,23H,4-5,9-10H2,1-3H3. The molecule has 0 radical (unpaired) electrons. The molecule has 0 amide bonds. The van der Waals surface area contributed by atoms with Gasteiger partial charge in [-0.3, -0.25) is 4.68 Å². The first-order valence-corrected chi connectivity index (χ1v) is 8.22. The van der Waals surface area contributed by atoms with Crippen molar-refractivity contribution in [2.45, 2.75) is 39.3 Å². The third kappa shape index (κ3) is 3.91.